The van der Waals surface area contributed by atoms with E-state index in [4.69, 9.17) is 25.8 Å². The van der Waals surface area contributed by atoms with Crippen molar-refractivity contribution in [1.82, 2.24) is 4.90 Å². The Balaban J connectivity index is 1.63. The van der Waals surface area contributed by atoms with Crippen molar-refractivity contribution in [3.8, 4) is 11.5 Å². The van der Waals surface area contributed by atoms with Crippen molar-refractivity contribution in [2.24, 2.45) is 0 Å². The lowest BCUT2D eigenvalue weighted by Crippen LogP contribution is -2.39. The molecule has 152 valence electrons. The number of ether oxygens (including phenoxy) is 3. The Hall–Kier alpha value is -2.68. The number of nitro benzene ring substituents is 1. The molecule has 0 N–H and O–H groups in total. The molecule has 0 aliphatic carbocycles. The minimum atomic E-state index is -0.501. The van der Waals surface area contributed by atoms with E-state index >= 15 is 0 Å². The van der Waals surface area contributed by atoms with Gasteiger partial charge in [-0.1, -0.05) is 11.6 Å². The quantitative estimate of drug-likeness (QED) is 0.535. The lowest BCUT2D eigenvalue weighted by atomic mass is 10.0. The van der Waals surface area contributed by atoms with Crippen LogP contribution in [-0.4, -0.2) is 42.7 Å². The monoisotopic (exact) mass is 420 g/mol. The van der Waals surface area contributed by atoms with Crippen molar-refractivity contribution in [2.75, 3.05) is 32.9 Å². The van der Waals surface area contributed by atoms with Gasteiger partial charge in [0.05, 0.1) is 24.2 Å². The molecule has 2 aliphatic heterocycles. The van der Waals surface area contributed by atoms with Crippen LogP contribution < -0.4 is 9.47 Å². The number of fused-ring (bicyclic) bond motifs is 1. The Morgan fingerprint density at radius 3 is 2.69 bits per heavy atom. The molecular weight excluding hydrogens is 403 g/mol. The van der Waals surface area contributed by atoms with Gasteiger partial charge in [-0.15, -0.1) is 0 Å². The number of nitro groups is 1. The van der Waals surface area contributed by atoms with Crippen LogP contribution in [0.1, 0.15) is 11.6 Å². The average Bonchev–Trinajstić information content (AvgIpc) is 3.07. The van der Waals surface area contributed by atoms with Crippen molar-refractivity contribution in [3.05, 3.63) is 74.8 Å². The first-order valence-electron chi connectivity index (χ1n) is 9.09. The minimum Gasteiger partial charge on any atom is -0.489 e. The maximum Gasteiger partial charge on any atom is 0.313 e. The molecular formula is C20H18ClFN2O5. The number of morpholine rings is 1. The Labute approximate surface area is 171 Å². The van der Waals surface area contributed by atoms with Gasteiger partial charge in [-0.25, -0.2) is 4.39 Å². The van der Waals surface area contributed by atoms with Crippen LogP contribution in [0.4, 0.5) is 10.1 Å². The molecule has 0 unspecified atom stereocenters. The SMILES string of the molecule is O=[N+]([O-])c1cc(Cl)cc2c1O/C(=C/COc1ccc(F)cc1)[C@@H]2N1CCOCC1. The highest BCUT2D eigenvalue weighted by molar-refractivity contribution is 6.31. The smallest absolute Gasteiger partial charge is 0.313 e. The second-order valence-corrected chi connectivity index (χ2v) is 7.06. The number of hydrogen-bond acceptors (Lipinski definition) is 6. The van der Waals surface area contributed by atoms with Gasteiger partial charge in [-0.3, -0.25) is 15.0 Å². The summed E-state index contributed by atoms with van der Waals surface area (Å²) >= 11 is 6.14. The molecule has 1 saturated heterocycles. The molecule has 0 saturated carbocycles. The van der Waals surface area contributed by atoms with Gasteiger partial charge in [-0.05, 0) is 36.4 Å². The number of hydrogen-bond donors (Lipinski definition) is 0. The Kier molecular flexibility index (Phi) is 5.66. The summed E-state index contributed by atoms with van der Waals surface area (Å²) in [5.41, 5.74) is 0.479. The summed E-state index contributed by atoms with van der Waals surface area (Å²) in [6.45, 7) is 2.60. The van der Waals surface area contributed by atoms with E-state index in [1.165, 1.54) is 30.3 Å². The van der Waals surface area contributed by atoms with E-state index in [0.717, 1.165) is 0 Å². The van der Waals surface area contributed by atoms with Gasteiger partial charge in [0, 0.05) is 29.7 Å². The van der Waals surface area contributed by atoms with Gasteiger partial charge < -0.3 is 14.2 Å². The van der Waals surface area contributed by atoms with Crippen LogP contribution in [0, 0.1) is 15.9 Å². The van der Waals surface area contributed by atoms with Gasteiger partial charge in [0.2, 0.25) is 5.75 Å². The van der Waals surface area contributed by atoms with Crippen LogP contribution >= 0.6 is 11.6 Å². The van der Waals surface area contributed by atoms with Crippen LogP contribution in [0.15, 0.2) is 48.2 Å². The zero-order valence-electron chi connectivity index (χ0n) is 15.3. The van der Waals surface area contributed by atoms with Crippen molar-refractivity contribution < 1.29 is 23.5 Å². The molecule has 9 heteroatoms. The summed E-state index contributed by atoms with van der Waals surface area (Å²) in [6.07, 6.45) is 1.74. The summed E-state index contributed by atoms with van der Waals surface area (Å²) in [7, 11) is 0. The Morgan fingerprint density at radius 1 is 1.28 bits per heavy atom. The maximum absolute atomic E-state index is 13.0. The predicted octanol–water partition coefficient (Wildman–Crippen LogP) is 4.12. The summed E-state index contributed by atoms with van der Waals surface area (Å²) in [6, 6.07) is 8.35. The summed E-state index contributed by atoms with van der Waals surface area (Å²) in [5.74, 6) is 0.899. The fraction of sp³-hybridized carbons (Fsp3) is 0.300. The van der Waals surface area contributed by atoms with E-state index in [1.54, 1.807) is 12.1 Å². The third-order valence-electron chi connectivity index (χ3n) is 4.80. The van der Waals surface area contributed by atoms with Crippen molar-refractivity contribution >= 4 is 17.3 Å². The molecule has 0 spiro atoms. The number of rotatable bonds is 5. The second-order valence-electron chi connectivity index (χ2n) is 6.62. The maximum atomic E-state index is 13.0. The molecule has 0 bridgehead atoms. The fourth-order valence-corrected chi connectivity index (χ4v) is 3.71. The second kappa shape index (κ2) is 8.36. The van der Waals surface area contributed by atoms with Crippen LogP contribution in [0.2, 0.25) is 5.02 Å². The molecule has 29 heavy (non-hydrogen) atoms. The zero-order chi connectivity index (χ0) is 20.4. The topological polar surface area (TPSA) is 74.1 Å². The Morgan fingerprint density at radius 2 is 2.00 bits per heavy atom. The highest BCUT2D eigenvalue weighted by Gasteiger charge is 2.39. The lowest BCUT2D eigenvalue weighted by molar-refractivity contribution is -0.385. The summed E-state index contributed by atoms with van der Waals surface area (Å²) in [4.78, 5) is 13.1. The molecule has 0 aromatic heterocycles. The van der Waals surface area contributed by atoms with Crippen molar-refractivity contribution in [3.63, 3.8) is 0 Å². The van der Waals surface area contributed by atoms with Gasteiger partial charge in [0.15, 0.2) is 0 Å². The Bertz CT molecular complexity index is 945. The van der Waals surface area contributed by atoms with Crippen LogP contribution in [0.5, 0.6) is 11.5 Å². The molecule has 2 heterocycles. The molecule has 0 radical (unpaired) electrons. The third-order valence-corrected chi connectivity index (χ3v) is 5.02. The fourth-order valence-electron chi connectivity index (χ4n) is 3.49. The summed E-state index contributed by atoms with van der Waals surface area (Å²) < 4.78 is 30.0. The van der Waals surface area contributed by atoms with Crippen LogP contribution in [-0.2, 0) is 4.74 Å². The lowest BCUT2D eigenvalue weighted by Gasteiger charge is -2.32. The summed E-state index contributed by atoms with van der Waals surface area (Å²) in [5, 5.41) is 11.8. The van der Waals surface area contributed by atoms with E-state index in [1.807, 2.05) is 0 Å². The van der Waals surface area contributed by atoms with Gasteiger partial charge in [-0.2, -0.15) is 0 Å². The number of halogens is 2. The first-order valence-corrected chi connectivity index (χ1v) is 9.46. The third kappa shape index (κ3) is 4.19. The van der Waals surface area contributed by atoms with Gasteiger partial charge in [0.25, 0.3) is 0 Å². The van der Waals surface area contributed by atoms with E-state index in [0.29, 0.717) is 43.4 Å². The highest BCUT2D eigenvalue weighted by Crippen LogP contribution is 2.49. The van der Waals surface area contributed by atoms with E-state index in [2.05, 4.69) is 4.90 Å². The molecule has 1 fully saturated rings. The molecule has 4 rings (SSSR count). The van der Waals surface area contributed by atoms with Crippen LogP contribution in [0.3, 0.4) is 0 Å². The highest BCUT2D eigenvalue weighted by atomic mass is 35.5. The molecule has 2 aromatic carbocycles. The number of benzene rings is 2. The average molecular weight is 421 g/mol. The van der Waals surface area contributed by atoms with Crippen molar-refractivity contribution in [2.45, 2.75) is 6.04 Å². The van der Waals surface area contributed by atoms with E-state index in [-0.39, 0.29) is 34.9 Å². The normalized spacial score (nSPS) is 20.3. The largest absolute Gasteiger partial charge is 0.489 e. The standard InChI is InChI=1S/C20H18ClFN2O5/c21-13-11-16-19(23-6-9-27-10-7-23)18(29-20(16)17(12-13)24(25)26)5-8-28-15-3-1-14(22)2-4-15/h1-5,11-12,19H,6-10H2/b18-5+/t19-/m1/s1. The van der Waals surface area contributed by atoms with Crippen LogP contribution in [0.25, 0.3) is 0 Å². The molecule has 2 aromatic rings. The van der Waals surface area contributed by atoms with E-state index < -0.39 is 4.92 Å². The van der Waals surface area contributed by atoms with E-state index in [9.17, 15) is 14.5 Å². The molecule has 7 nitrogen and oxygen atoms in total. The first-order chi connectivity index (χ1) is 14.0. The van der Waals surface area contributed by atoms with Gasteiger partial charge in [0.1, 0.15) is 23.9 Å². The molecule has 1 atom stereocenters. The minimum absolute atomic E-state index is 0.164. The van der Waals surface area contributed by atoms with Crippen molar-refractivity contribution in [1.29, 1.82) is 0 Å². The predicted molar refractivity (Wildman–Crippen MR) is 104 cm³/mol. The molecule has 0 amide bonds. The first kappa shape index (κ1) is 19.6. The number of nitrogens with zero attached hydrogens (tertiary/aromatic N) is 2. The zero-order valence-corrected chi connectivity index (χ0v) is 16.1. The van der Waals surface area contributed by atoms with Gasteiger partial charge >= 0.3 is 5.69 Å². The molecule has 2 aliphatic rings.